The normalized spacial score (nSPS) is 21.2. The Bertz CT molecular complexity index is 866. The molecule has 2 saturated heterocycles. The van der Waals surface area contributed by atoms with Crippen LogP contribution in [0.2, 0.25) is 5.02 Å². The van der Waals surface area contributed by atoms with Gasteiger partial charge in [-0.15, -0.1) is 0 Å². The summed E-state index contributed by atoms with van der Waals surface area (Å²) in [7, 11) is 0. The summed E-state index contributed by atoms with van der Waals surface area (Å²) in [6, 6.07) is 12.9. The number of piperazine rings is 1. The molecule has 2 heterocycles. The van der Waals surface area contributed by atoms with E-state index < -0.39 is 6.04 Å². The molecule has 140 valence electrons. The van der Waals surface area contributed by atoms with Crippen molar-refractivity contribution in [3.63, 3.8) is 0 Å². The maximum Gasteiger partial charge on any atom is 0.251 e. The average molecular weight is 388 g/mol. The average Bonchev–Trinajstić information content (AvgIpc) is 2.97. The number of carbonyl (C=O) groups is 2. The first-order valence-corrected chi connectivity index (χ1v) is 9.28. The van der Waals surface area contributed by atoms with Crippen molar-refractivity contribution in [2.75, 3.05) is 36.0 Å². The molecule has 0 saturated carbocycles. The Hall–Kier alpha value is -2.44. The monoisotopic (exact) mass is 387 g/mol. The molecule has 4 rings (SSSR count). The third-order valence-electron chi connectivity index (χ3n) is 5.16. The van der Waals surface area contributed by atoms with Crippen molar-refractivity contribution in [1.82, 2.24) is 4.90 Å². The third-order valence-corrected chi connectivity index (χ3v) is 5.41. The maximum atomic E-state index is 14.0. The van der Waals surface area contributed by atoms with Crippen LogP contribution >= 0.6 is 11.6 Å². The predicted molar refractivity (Wildman–Crippen MR) is 103 cm³/mol. The third kappa shape index (κ3) is 3.42. The molecule has 2 aromatic rings. The second kappa shape index (κ2) is 7.29. The highest BCUT2D eigenvalue weighted by Gasteiger charge is 2.43. The zero-order valence-corrected chi connectivity index (χ0v) is 15.4. The Labute approximate surface area is 161 Å². The first-order valence-electron chi connectivity index (χ1n) is 8.90. The number of anilines is 2. The lowest BCUT2D eigenvalue weighted by Gasteiger charge is -2.38. The number of amides is 2. The van der Waals surface area contributed by atoms with Gasteiger partial charge in [0.15, 0.2) is 0 Å². The molecule has 2 aliphatic rings. The molecule has 2 amide bonds. The number of imide groups is 1. The van der Waals surface area contributed by atoms with Gasteiger partial charge in [-0.05, 0) is 36.4 Å². The Morgan fingerprint density at radius 2 is 1.59 bits per heavy atom. The van der Waals surface area contributed by atoms with Crippen molar-refractivity contribution in [3.05, 3.63) is 59.4 Å². The predicted octanol–water partition coefficient (Wildman–Crippen LogP) is 2.93. The van der Waals surface area contributed by atoms with Gasteiger partial charge in [-0.25, -0.2) is 9.29 Å². The van der Waals surface area contributed by atoms with Crippen LogP contribution in [0.15, 0.2) is 48.5 Å². The van der Waals surface area contributed by atoms with Crippen LogP contribution in [0.3, 0.4) is 0 Å². The van der Waals surface area contributed by atoms with E-state index in [0.717, 1.165) is 0 Å². The minimum absolute atomic E-state index is 0.168. The number of rotatable bonds is 3. The van der Waals surface area contributed by atoms with Gasteiger partial charge in [-0.2, -0.15) is 0 Å². The molecule has 0 radical (unpaired) electrons. The van der Waals surface area contributed by atoms with Gasteiger partial charge < -0.3 is 4.90 Å². The molecule has 0 unspecified atom stereocenters. The summed E-state index contributed by atoms with van der Waals surface area (Å²) in [4.78, 5) is 30.5. The van der Waals surface area contributed by atoms with E-state index in [1.54, 1.807) is 36.4 Å². The fourth-order valence-corrected chi connectivity index (χ4v) is 3.87. The summed E-state index contributed by atoms with van der Waals surface area (Å²) in [5.41, 5.74) is 1.12. The van der Waals surface area contributed by atoms with E-state index in [1.807, 2.05) is 15.9 Å². The number of para-hydroxylation sites is 1. The topological polar surface area (TPSA) is 43.9 Å². The van der Waals surface area contributed by atoms with Gasteiger partial charge >= 0.3 is 0 Å². The first kappa shape index (κ1) is 17.9. The van der Waals surface area contributed by atoms with Crippen molar-refractivity contribution in [2.24, 2.45) is 0 Å². The van der Waals surface area contributed by atoms with E-state index in [0.29, 0.717) is 42.6 Å². The van der Waals surface area contributed by atoms with E-state index in [9.17, 15) is 14.0 Å². The zero-order valence-electron chi connectivity index (χ0n) is 14.6. The first-order chi connectivity index (χ1) is 13.0. The van der Waals surface area contributed by atoms with Crippen LogP contribution in [0.4, 0.5) is 15.8 Å². The van der Waals surface area contributed by atoms with Crippen LogP contribution in [-0.4, -0.2) is 48.9 Å². The molecule has 0 N–H and O–H groups in total. The minimum Gasteiger partial charge on any atom is -0.367 e. The fraction of sp³-hybridized carbons (Fsp3) is 0.300. The highest BCUT2D eigenvalue weighted by atomic mass is 35.5. The van der Waals surface area contributed by atoms with Gasteiger partial charge in [-0.1, -0.05) is 23.7 Å². The molecule has 2 aliphatic heterocycles. The second-order valence-corrected chi connectivity index (χ2v) is 7.17. The van der Waals surface area contributed by atoms with Gasteiger partial charge in [0.1, 0.15) is 5.82 Å². The number of hydrogen-bond acceptors (Lipinski definition) is 4. The zero-order chi connectivity index (χ0) is 19.0. The summed E-state index contributed by atoms with van der Waals surface area (Å²) in [6.07, 6.45) is 0.168. The molecular formula is C20H19ClFN3O2. The Kier molecular flexibility index (Phi) is 4.85. The lowest BCUT2D eigenvalue weighted by molar-refractivity contribution is -0.123. The number of carbonyl (C=O) groups excluding carboxylic acids is 2. The van der Waals surface area contributed by atoms with Crippen molar-refractivity contribution < 1.29 is 14.0 Å². The summed E-state index contributed by atoms with van der Waals surface area (Å²) in [5, 5.41) is 0.554. The van der Waals surface area contributed by atoms with Gasteiger partial charge in [-0.3, -0.25) is 14.5 Å². The van der Waals surface area contributed by atoms with Gasteiger partial charge in [0.2, 0.25) is 5.91 Å². The summed E-state index contributed by atoms with van der Waals surface area (Å²) < 4.78 is 14.0. The lowest BCUT2D eigenvalue weighted by Crippen LogP contribution is -2.52. The fourth-order valence-electron chi connectivity index (χ4n) is 3.75. The Morgan fingerprint density at radius 1 is 0.926 bits per heavy atom. The molecule has 1 atom stereocenters. The van der Waals surface area contributed by atoms with Crippen LogP contribution in [0.5, 0.6) is 0 Å². The standard InChI is InChI=1S/C20H19ClFN3O2/c21-14-5-7-15(8-6-14)25-19(26)13-18(20(25)27)24-11-9-23(10-12-24)17-4-2-1-3-16(17)22/h1-8,18H,9-13H2/t18-/m1/s1. The van der Waals surface area contributed by atoms with E-state index in [2.05, 4.69) is 0 Å². The molecule has 7 heteroatoms. The summed E-state index contributed by atoms with van der Waals surface area (Å²) in [5.74, 6) is -0.655. The number of nitrogens with zero attached hydrogens (tertiary/aromatic N) is 3. The van der Waals surface area contributed by atoms with Crippen molar-refractivity contribution in [3.8, 4) is 0 Å². The maximum absolute atomic E-state index is 14.0. The quantitative estimate of drug-likeness (QED) is 0.759. The molecular weight excluding hydrogens is 369 g/mol. The SMILES string of the molecule is O=C1C[C@@H](N2CCN(c3ccccc3F)CC2)C(=O)N1c1ccc(Cl)cc1. The molecule has 0 aromatic heterocycles. The van der Waals surface area contributed by atoms with Crippen molar-refractivity contribution >= 4 is 34.8 Å². The van der Waals surface area contributed by atoms with Crippen molar-refractivity contribution in [2.45, 2.75) is 12.5 Å². The number of benzene rings is 2. The minimum atomic E-state index is -0.462. The molecule has 2 aromatic carbocycles. The molecule has 0 aliphatic carbocycles. The summed E-state index contributed by atoms with van der Waals surface area (Å²) >= 11 is 5.89. The van der Waals surface area contributed by atoms with Crippen LogP contribution in [0.25, 0.3) is 0 Å². The van der Waals surface area contributed by atoms with Crippen LogP contribution in [0.1, 0.15) is 6.42 Å². The van der Waals surface area contributed by atoms with Crippen LogP contribution in [-0.2, 0) is 9.59 Å². The molecule has 0 spiro atoms. The van der Waals surface area contributed by atoms with Crippen LogP contribution in [0, 0.1) is 5.82 Å². The number of hydrogen-bond donors (Lipinski definition) is 0. The van der Waals surface area contributed by atoms with Gasteiger partial charge in [0, 0.05) is 31.2 Å². The second-order valence-electron chi connectivity index (χ2n) is 6.74. The van der Waals surface area contributed by atoms with E-state index in [1.165, 1.54) is 11.0 Å². The van der Waals surface area contributed by atoms with Crippen LogP contribution < -0.4 is 9.80 Å². The van der Waals surface area contributed by atoms with E-state index in [-0.39, 0.29) is 24.1 Å². The van der Waals surface area contributed by atoms with Gasteiger partial charge in [0.25, 0.3) is 5.91 Å². The highest BCUT2D eigenvalue weighted by Crippen LogP contribution is 2.28. The highest BCUT2D eigenvalue weighted by molar-refractivity contribution is 6.30. The molecule has 2 fully saturated rings. The van der Waals surface area contributed by atoms with Crippen molar-refractivity contribution in [1.29, 1.82) is 0 Å². The van der Waals surface area contributed by atoms with E-state index >= 15 is 0 Å². The molecule has 27 heavy (non-hydrogen) atoms. The molecule has 0 bridgehead atoms. The number of halogens is 2. The molecule has 5 nitrogen and oxygen atoms in total. The largest absolute Gasteiger partial charge is 0.367 e. The van der Waals surface area contributed by atoms with Gasteiger partial charge in [0.05, 0.1) is 23.8 Å². The summed E-state index contributed by atoms with van der Waals surface area (Å²) in [6.45, 7) is 2.43. The smallest absolute Gasteiger partial charge is 0.251 e. The van der Waals surface area contributed by atoms with E-state index in [4.69, 9.17) is 11.6 Å². The Morgan fingerprint density at radius 3 is 2.26 bits per heavy atom. The Balaban J connectivity index is 1.44. The lowest BCUT2D eigenvalue weighted by atomic mass is 10.1.